The molecule has 0 saturated heterocycles. The van der Waals surface area contributed by atoms with Crippen molar-refractivity contribution in [3.63, 3.8) is 0 Å². The largest absolute Gasteiger partial charge is 0.481 e. The molecular formula is C43H69ClN2O16S. The molecule has 0 fully saturated rings. The number of rotatable bonds is 41. The van der Waals surface area contributed by atoms with Gasteiger partial charge in [-0.25, -0.2) is 9.59 Å². The summed E-state index contributed by atoms with van der Waals surface area (Å²) >= 11 is 5.98. The Morgan fingerprint density at radius 1 is 0.635 bits per heavy atom. The van der Waals surface area contributed by atoms with Crippen molar-refractivity contribution in [2.45, 2.75) is 146 Å². The van der Waals surface area contributed by atoms with E-state index in [-0.39, 0.29) is 108 Å². The van der Waals surface area contributed by atoms with E-state index < -0.39 is 51.3 Å². The molecule has 0 bridgehead atoms. The SMILES string of the molecule is Cc1cc(Cl)c(OC(=O)COCCOCCNC(=O)COCCOCCCC(=O)CC[C@H](NC(=O)CCCCCCCCCCCCCCCCC(=O)O)C(=O)O)c(S(=O)(=O)O)c1. The number of carboxylic acids is 2. The summed E-state index contributed by atoms with van der Waals surface area (Å²) < 4.78 is 58.8. The van der Waals surface area contributed by atoms with Crippen molar-refractivity contribution in [3.8, 4) is 5.75 Å². The molecule has 18 nitrogen and oxygen atoms in total. The first-order chi connectivity index (χ1) is 30.1. The number of unbranched alkanes of at least 4 members (excludes halogenated alkanes) is 13. The number of halogens is 1. The minimum absolute atomic E-state index is 0.00874. The Morgan fingerprint density at radius 3 is 1.71 bits per heavy atom. The minimum Gasteiger partial charge on any atom is -0.481 e. The maximum atomic E-state index is 12.3. The van der Waals surface area contributed by atoms with Gasteiger partial charge in [0, 0.05) is 38.8 Å². The number of aryl methyl sites for hydroxylation is 1. The first-order valence-electron chi connectivity index (χ1n) is 21.9. The molecule has 1 atom stereocenters. The van der Waals surface area contributed by atoms with Gasteiger partial charge in [0.2, 0.25) is 11.8 Å². The first kappa shape index (κ1) is 57.3. The van der Waals surface area contributed by atoms with Gasteiger partial charge in [-0.2, -0.15) is 8.42 Å². The summed E-state index contributed by atoms with van der Waals surface area (Å²) in [6.45, 7) is 1.83. The van der Waals surface area contributed by atoms with E-state index in [0.717, 1.165) is 51.0 Å². The monoisotopic (exact) mass is 936 g/mol. The van der Waals surface area contributed by atoms with Gasteiger partial charge in [0.15, 0.2) is 5.75 Å². The fraction of sp³-hybridized carbons (Fsp3) is 0.721. The highest BCUT2D eigenvalue weighted by Gasteiger charge is 2.23. The van der Waals surface area contributed by atoms with Gasteiger partial charge in [-0.15, -0.1) is 0 Å². The normalized spacial score (nSPS) is 11.9. The molecule has 0 aliphatic carbocycles. The van der Waals surface area contributed by atoms with Gasteiger partial charge in [0.05, 0.1) is 38.1 Å². The topological polar surface area (TPSA) is 267 Å². The molecule has 0 saturated carbocycles. The predicted molar refractivity (Wildman–Crippen MR) is 232 cm³/mol. The average molecular weight is 938 g/mol. The molecular weight excluding hydrogens is 868 g/mol. The van der Waals surface area contributed by atoms with Crippen molar-refractivity contribution >= 4 is 57.2 Å². The number of benzene rings is 1. The Morgan fingerprint density at radius 2 is 1.16 bits per heavy atom. The average Bonchev–Trinajstić information content (AvgIpc) is 3.21. The molecule has 360 valence electrons. The van der Waals surface area contributed by atoms with Crippen molar-refractivity contribution in [1.82, 2.24) is 10.6 Å². The van der Waals surface area contributed by atoms with Crippen LogP contribution in [0, 0.1) is 6.92 Å². The zero-order valence-corrected chi connectivity index (χ0v) is 38.2. The van der Waals surface area contributed by atoms with E-state index in [1.807, 2.05) is 0 Å². The van der Waals surface area contributed by atoms with Crippen LogP contribution < -0.4 is 15.4 Å². The second kappa shape index (κ2) is 35.6. The first-order valence-corrected chi connectivity index (χ1v) is 23.7. The number of carbonyl (C=O) groups is 6. The number of hydrogen-bond acceptors (Lipinski definition) is 13. The molecule has 0 aliphatic heterocycles. The highest BCUT2D eigenvalue weighted by molar-refractivity contribution is 7.86. The number of ketones is 1. The molecule has 0 spiro atoms. The van der Waals surface area contributed by atoms with E-state index in [0.29, 0.717) is 18.4 Å². The van der Waals surface area contributed by atoms with Gasteiger partial charge in [0.25, 0.3) is 10.1 Å². The molecule has 1 aromatic rings. The maximum absolute atomic E-state index is 12.3. The van der Waals surface area contributed by atoms with Crippen LogP contribution in [0.2, 0.25) is 5.02 Å². The highest BCUT2D eigenvalue weighted by Crippen LogP contribution is 2.33. The maximum Gasteiger partial charge on any atom is 0.337 e. The number of Topliss-reactive ketones (excluding diaryl/α,β-unsaturated/α-hetero) is 1. The molecule has 0 heterocycles. The fourth-order valence-corrected chi connectivity index (χ4v) is 7.30. The lowest BCUT2D eigenvalue weighted by Gasteiger charge is -2.14. The van der Waals surface area contributed by atoms with Crippen molar-refractivity contribution in [1.29, 1.82) is 0 Å². The van der Waals surface area contributed by atoms with Crippen LogP contribution >= 0.6 is 11.6 Å². The van der Waals surface area contributed by atoms with E-state index >= 15 is 0 Å². The highest BCUT2D eigenvalue weighted by atomic mass is 35.5. The zero-order valence-electron chi connectivity index (χ0n) is 36.7. The van der Waals surface area contributed by atoms with Crippen LogP contribution in [0.4, 0.5) is 0 Å². The molecule has 1 rings (SSSR count). The van der Waals surface area contributed by atoms with Crippen molar-refractivity contribution < 1.29 is 75.6 Å². The second-order valence-electron chi connectivity index (χ2n) is 15.2. The third kappa shape index (κ3) is 31.7. The lowest BCUT2D eigenvalue weighted by Crippen LogP contribution is -2.41. The lowest BCUT2D eigenvalue weighted by molar-refractivity contribution is -0.142. The van der Waals surface area contributed by atoms with E-state index in [4.69, 9.17) is 40.4 Å². The number of aliphatic carboxylic acids is 2. The van der Waals surface area contributed by atoms with Crippen molar-refractivity contribution in [2.24, 2.45) is 0 Å². The van der Waals surface area contributed by atoms with Gasteiger partial charge >= 0.3 is 17.9 Å². The van der Waals surface area contributed by atoms with E-state index in [2.05, 4.69) is 10.6 Å². The Hall–Kier alpha value is -3.72. The van der Waals surface area contributed by atoms with Crippen LogP contribution in [0.25, 0.3) is 0 Å². The number of carboxylic acid groups (broad SMARTS) is 2. The number of nitrogens with one attached hydrogen (secondary N) is 2. The van der Waals surface area contributed by atoms with Crippen LogP contribution in [0.5, 0.6) is 5.75 Å². The fourth-order valence-electron chi connectivity index (χ4n) is 6.21. The van der Waals surface area contributed by atoms with Crippen LogP contribution in [0.1, 0.15) is 134 Å². The van der Waals surface area contributed by atoms with E-state index in [9.17, 15) is 46.8 Å². The van der Waals surface area contributed by atoms with Gasteiger partial charge in [-0.1, -0.05) is 88.7 Å². The second-order valence-corrected chi connectivity index (χ2v) is 17.0. The predicted octanol–water partition coefficient (Wildman–Crippen LogP) is 6.01. The van der Waals surface area contributed by atoms with Gasteiger partial charge < -0.3 is 44.5 Å². The molecule has 0 radical (unpaired) electrons. The Kier molecular flexibility index (Phi) is 32.4. The molecule has 0 unspecified atom stereocenters. The number of esters is 1. The minimum atomic E-state index is -4.70. The Bertz CT molecular complexity index is 1630. The third-order valence-electron chi connectivity index (χ3n) is 9.55. The summed E-state index contributed by atoms with van der Waals surface area (Å²) in [5.74, 6) is -4.17. The standard InChI is InChI=1S/C43H69ClN2O16S/c1-33-29-35(44)42(37(30-33)63(55,56)57)62-41(52)32-61-28-26-59-24-22-45-39(49)31-60-27-25-58-23-16-17-34(47)20-21-36(43(53)54)46-38(48)18-14-12-10-8-6-4-2-3-5-7-9-11-13-15-19-40(50)51/h29-30,36H,2-28,31-32H2,1H3,(H,45,49)(H,46,48)(H,50,51)(H,53,54)(H,55,56,57)/t36-/m0/s1. The smallest absolute Gasteiger partial charge is 0.337 e. The van der Waals surface area contributed by atoms with E-state index in [1.165, 1.54) is 44.6 Å². The van der Waals surface area contributed by atoms with Crippen LogP contribution in [-0.2, 0) is 57.8 Å². The zero-order chi connectivity index (χ0) is 46.7. The van der Waals surface area contributed by atoms with Crippen molar-refractivity contribution in [2.75, 3.05) is 59.4 Å². The summed E-state index contributed by atoms with van der Waals surface area (Å²) in [5, 5.41) is 23.2. The summed E-state index contributed by atoms with van der Waals surface area (Å²) in [6, 6.07) is 1.36. The molecule has 5 N–H and O–H groups in total. The molecule has 2 amide bonds. The molecule has 1 aromatic carbocycles. The summed E-state index contributed by atoms with van der Waals surface area (Å²) in [5.41, 5.74) is 0.432. The number of amides is 2. The van der Waals surface area contributed by atoms with Crippen LogP contribution in [0.15, 0.2) is 17.0 Å². The summed E-state index contributed by atoms with van der Waals surface area (Å²) in [7, 11) is -4.70. The Labute approximate surface area is 376 Å². The molecule has 20 heteroatoms. The molecule has 63 heavy (non-hydrogen) atoms. The van der Waals surface area contributed by atoms with Gasteiger partial charge in [-0.3, -0.25) is 23.7 Å². The number of carbonyl (C=O) groups excluding carboxylic acids is 4. The third-order valence-corrected chi connectivity index (χ3v) is 10.7. The number of ether oxygens (including phenoxy) is 5. The van der Waals surface area contributed by atoms with Crippen molar-refractivity contribution in [3.05, 3.63) is 22.7 Å². The summed E-state index contributed by atoms with van der Waals surface area (Å²) in [4.78, 5) is 70.2. The van der Waals surface area contributed by atoms with Gasteiger partial charge in [0.1, 0.15) is 29.9 Å². The molecule has 0 aromatic heterocycles. The van der Waals surface area contributed by atoms with Crippen LogP contribution in [0.3, 0.4) is 0 Å². The lowest BCUT2D eigenvalue weighted by atomic mass is 10.0. The number of hydrogen-bond donors (Lipinski definition) is 5. The summed E-state index contributed by atoms with van der Waals surface area (Å²) in [6.07, 6.45) is 16.2. The van der Waals surface area contributed by atoms with Crippen LogP contribution in [-0.4, -0.2) is 124 Å². The Balaban J connectivity index is 1.98. The van der Waals surface area contributed by atoms with E-state index in [1.54, 1.807) is 6.92 Å². The molecule has 0 aliphatic rings. The quantitative estimate of drug-likeness (QED) is 0.0218. The van der Waals surface area contributed by atoms with Gasteiger partial charge in [-0.05, 0) is 50.3 Å².